The normalized spacial score (nSPS) is 10.6. The van der Waals surface area contributed by atoms with Gasteiger partial charge >= 0.3 is 0 Å². The summed E-state index contributed by atoms with van der Waals surface area (Å²) in [5.41, 5.74) is 3.61. The van der Waals surface area contributed by atoms with Crippen molar-refractivity contribution < 1.29 is 4.74 Å². The summed E-state index contributed by atoms with van der Waals surface area (Å²) >= 11 is 3.47. The minimum absolute atomic E-state index is 0.844. The van der Waals surface area contributed by atoms with Crippen LogP contribution in [0.4, 0.5) is 0 Å². The standard InChI is InChI=1S/C12H18BrNO/c1-10-7-11(9-13)8-12(14-10)5-3-4-6-15-2/h7-8H,3-6,9H2,1-2H3. The van der Waals surface area contributed by atoms with Gasteiger partial charge in [0.15, 0.2) is 0 Å². The van der Waals surface area contributed by atoms with Gasteiger partial charge < -0.3 is 4.74 Å². The maximum absolute atomic E-state index is 5.02. The van der Waals surface area contributed by atoms with Crippen molar-refractivity contribution in [2.75, 3.05) is 13.7 Å². The van der Waals surface area contributed by atoms with E-state index in [1.54, 1.807) is 7.11 Å². The fourth-order valence-electron chi connectivity index (χ4n) is 1.57. The molecular weight excluding hydrogens is 254 g/mol. The molecule has 1 heterocycles. The van der Waals surface area contributed by atoms with Crippen molar-refractivity contribution in [3.8, 4) is 0 Å². The maximum atomic E-state index is 5.02. The molecular formula is C12H18BrNO. The average molecular weight is 272 g/mol. The van der Waals surface area contributed by atoms with Crippen LogP contribution in [-0.4, -0.2) is 18.7 Å². The quantitative estimate of drug-likeness (QED) is 0.585. The van der Waals surface area contributed by atoms with Crippen molar-refractivity contribution in [3.05, 3.63) is 29.1 Å². The number of hydrogen-bond acceptors (Lipinski definition) is 2. The minimum atomic E-state index is 0.844. The van der Waals surface area contributed by atoms with E-state index in [9.17, 15) is 0 Å². The number of nitrogens with zero attached hydrogens (tertiary/aromatic N) is 1. The Labute approximate surface area is 100 Å². The third kappa shape index (κ3) is 4.76. The van der Waals surface area contributed by atoms with E-state index in [-0.39, 0.29) is 0 Å². The van der Waals surface area contributed by atoms with E-state index in [2.05, 4.69) is 33.0 Å². The summed E-state index contributed by atoms with van der Waals surface area (Å²) < 4.78 is 5.02. The van der Waals surface area contributed by atoms with Gasteiger partial charge in [-0.05, 0) is 43.9 Å². The summed E-state index contributed by atoms with van der Waals surface area (Å²) in [5.74, 6) is 0. The number of alkyl halides is 1. The number of ether oxygens (including phenoxy) is 1. The van der Waals surface area contributed by atoms with Gasteiger partial charge in [0.25, 0.3) is 0 Å². The Morgan fingerprint density at radius 3 is 2.80 bits per heavy atom. The molecule has 0 unspecified atom stereocenters. The first kappa shape index (κ1) is 12.7. The smallest absolute Gasteiger partial charge is 0.0462 e. The van der Waals surface area contributed by atoms with E-state index in [4.69, 9.17) is 4.74 Å². The number of pyridine rings is 1. The molecule has 0 aliphatic rings. The highest BCUT2D eigenvalue weighted by Crippen LogP contribution is 2.11. The van der Waals surface area contributed by atoms with E-state index in [1.807, 2.05) is 6.92 Å². The molecule has 0 bridgehead atoms. The molecule has 15 heavy (non-hydrogen) atoms. The van der Waals surface area contributed by atoms with Crippen molar-refractivity contribution in [2.24, 2.45) is 0 Å². The van der Waals surface area contributed by atoms with Crippen LogP contribution >= 0.6 is 15.9 Å². The van der Waals surface area contributed by atoms with E-state index in [0.29, 0.717) is 0 Å². The second kappa shape index (κ2) is 6.96. The van der Waals surface area contributed by atoms with Crippen LogP contribution in [0.15, 0.2) is 12.1 Å². The lowest BCUT2D eigenvalue weighted by Crippen LogP contribution is -1.97. The maximum Gasteiger partial charge on any atom is 0.0462 e. The summed E-state index contributed by atoms with van der Waals surface area (Å²) in [4.78, 5) is 4.52. The first-order valence-electron chi connectivity index (χ1n) is 5.27. The first-order valence-corrected chi connectivity index (χ1v) is 6.39. The third-order valence-electron chi connectivity index (χ3n) is 2.25. The van der Waals surface area contributed by atoms with Gasteiger partial charge in [-0.15, -0.1) is 0 Å². The zero-order chi connectivity index (χ0) is 11.1. The van der Waals surface area contributed by atoms with Crippen LogP contribution in [0, 0.1) is 6.92 Å². The van der Waals surface area contributed by atoms with Crippen LogP contribution in [0.3, 0.4) is 0 Å². The van der Waals surface area contributed by atoms with Crippen LogP contribution in [-0.2, 0) is 16.5 Å². The lowest BCUT2D eigenvalue weighted by atomic mass is 10.1. The molecule has 0 radical (unpaired) electrons. The molecule has 0 N–H and O–H groups in total. The Kier molecular flexibility index (Phi) is 5.88. The van der Waals surface area contributed by atoms with Crippen molar-refractivity contribution in [3.63, 3.8) is 0 Å². The van der Waals surface area contributed by atoms with Gasteiger partial charge in [-0.1, -0.05) is 15.9 Å². The zero-order valence-corrected chi connectivity index (χ0v) is 11.0. The van der Waals surface area contributed by atoms with Gasteiger partial charge in [0.05, 0.1) is 0 Å². The number of methoxy groups -OCH3 is 1. The Hall–Kier alpha value is -0.410. The molecule has 0 aliphatic heterocycles. The molecule has 0 spiro atoms. The summed E-state index contributed by atoms with van der Waals surface area (Å²) in [5, 5.41) is 0.904. The largest absolute Gasteiger partial charge is 0.385 e. The molecule has 0 amide bonds. The van der Waals surface area contributed by atoms with Crippen molar-refractivity contribution in [2.45, 2.75) is 31.5 Å². The van der Waals surface area contributed by atoms with Gasteiger partial charge in [-0.2, -0.15) is 0 Å². The Morgan fingerprint density at radius 1 is 1.33 bits per heavy atom. The van der Waals surface area contributed by atoms with E-state index >= 15 is 0 Å². The highest BCUT2D eigenvalue weighted by atomic mass is 79.9. The van der Waals surface area contributed by atoms with Crippen LogP contribution in [0.25, 0.3) is 0 Å². The number of aromatic nitrogens is 1. The van der Waals surface area contributed by atoms with E-state index in [1.165, 1.54) is 11.3 Å². The number of unbranched alkanes of at least 4 members (excludes halogenated alkanes) is 1. The number of hydrogen-bond donors (Lipinski definition) is 0. The predicted molar refractivity (Wildman–Crippen MR) is 66.4 cm³/mol. The highest BCUT2D eigenvalue weighted by molar-refractivity contribution is 9.08. The van der Waals surface area contributed by atoms with E-state index < -0.39 is 0 Å². The van der Waals surface area contributed by atoms with Crippen LogP contribution in [0.1, 0.15) is 29.8 Å². The Balaban J connectivity index is 2.49. The number of rotatable bonds is 6. The molecule has 0 aliphatic carbocycles. The van der Waals surface area contributed by atoms with Gasteiger partial charge in [0.1, 0.15) is 0 Å². The van der Waals surface area contributed by atoms with Crippen LogP contribution < -0.4 is 0 Å². The molecule has 0 atom stereocenters. The SMILES string of the molecule is COCCCCc1cc(CBr)cc(C)n1. The summed E-state index contributed by atoms with van der Waals surface area (Å²) in [6, 6.07) is 4.29. The molecule has 0 saturated carbocycles. The molecule has 0 saturated heterocycles. The number of halogens is 1. The van der Waals surface area contributed by atoms with Gasteiger partial charge in [-0.3, -0.25) is 4.98 Å². The van der Waals surface area contributed by atoms with Crippen molar-refractivity contribution >= 4 is 15.9 Å². The fourth-order valence-corrected chi connectivity index (χ4v) is 1.90. The summed E-state index contributed by atoms with van der Waals surface area (Å²) in [7, 11) is 1.74. The lowest BCUT2D eigenvalue weighted by molar-refractivity contribution is 0.193. The molecule has 1 aromatic rings. The molecule has 1 rings (SSSR count). The molecule has 0 aromatic carbocycles. The average Bonchev–Trinajstić information content (AvgIpc) is 2.23. The van der Waals surface area contributed by atoms with Gasteiger partial charge in [-0.25, -0.2) is 0 Å². The van der Waals surface area contributed by atoms with Gasteiger partial charge in [0, 0.05) is 30.4 Å². The third-order valence-corrected chi connectivity index (χ3v) is 2.90. The molecule has 2 nitrogen and oxygen atoms in total. The lowest BCUT2D eigenvalue weighted by Gasteiger charge is -2.04. The molecule has 0 fully saturated rings. The van der Waals surface area contributed by atoms with Gasteiger partial charge in [0.2, 0.25) is 0 Å². The Morgan fingerprint density at radius 2 is 2.13 bits per heavy atom. The predicted octanol–water partition coefficient (Wildman–Crippen LogP) is 3.25. The second-order valence-corrected chi connectivity index (χ2v) is 4.25. The molecule has 1 aromatic heterocycles. The topological polar surface area (TPSA) is 22.1 Å². The van der Waals surface area contributed by atoms with Crippen LogP contribution in [0.5, 0.6) is 0 Å². The van der Waals surface area contributed by atoms with Crippen LogP contribution in [0.2, 0.25) is 0 Å². The highest BCUT2D eigenvalue weighted by Gasteiger charge is 1.99. The minimum Gasteiger partial charge on any atom is -0.385 e. The van der Waals surface area contributed by atoms with E-state index in [0.717, 1.165) is 36.9 Å². The summed E-state index contributed by atoms with van der Waals surface area (Å²) in [6.45, 7) is 2.89. The molecule has 3 heteroatoms. The monoisotopic (exact) mass is 271 g/mol. The number of aryl methyl sites for hydroxylation is 2. The molecule has 84 valence electrons. The Bertz CT molecular complexity index is 302. The fraction of sp³-hybridized carbons (Fsp3) is 0.583. The zero-order valence-electron chi connectivity index (χ0n) is 9.42. The second-order valence-electron chi connectivity index (χ2n) is 3.69. The first-order chi connectivity index (χ1) is 7.26. The van der Waals surface area contributed by atoms with Crippen molar-refractivity contribution in [1.29, 1.82) is 0 Å². The summed E-state index contributed by atoms with van der Waals surface area (Å²) in [6.07, 6.45) is 3.30. The van der Waals surface area contributed by atoms with Crippen molar-refractivity contribution in [1.82, 2.24) is 4.98 Å².